The highest BCUT2D eigenvalue weighted by atomic mass is 32.1. The van der Waals surface area contributed by atoms with E-state index in [-0.39, 0.29) is 23.6 Å². The van der Waals surface area contributed by atoms with Crippen molar-refractivity contribution < 1.29 is 19.1 Å². The van der Waals surface area contributed by atoms with Gasteiger partial charge in [0.05, 0.1) is 11.8 Å². The minimum atomic E-state index is -0.360. The molecule has 3 rings (SSSR count). The third-order valence-corrected chi connectivity index (χ3v) is 4.36. The van der Waals surface area contributed by atoms with Crippen molar-refractivity contribution in [3.63, 3.8) is 0 Å². The van der Waals surface area contributed by atoms with Crippen LogP contribution in [-0.4, -0.2) is 36.1 Å². The summed E-state index contributed by atoms with van der Waals surface area (Å²) in [4.78, 5) is 27.5. The molecule has 25 heavy (non-hydrogen) atoms. The van der Waals surface area contributed by atoms with Gasteiger partial charge in [0.1, 0.15) is 18.1 Å². The minimum absolute atomic E-state index is 0.0995. The molecule has 0 radical (unpaired) electrons. The average Bonchev–Trinajstić information content (AvgIpc) is 3.25. The Bertz CT molecular complexity index is 756. The van der Waals surface area contributed by atoms with E-state index in [1.54, 1.807) is 17.5 Å². The van der Waals surface area contributed by atoms with E-state index in [4.69, 9.17) is 9.47 Å². The first-order valence-electron chi connectivity index (χ1n) is 7.99. The Morgan fingerprint density at radius 3 is 2.96 bits per heavy atom. The number of benzene rings is 1. The van der Waals surface area contributed by atoms with E-state index in [1.807, 2.05) is 12.1 Å². The highest BCUT2D eigenvalue weighted by Gasteiger charge is 2.18. The van der Waals surface area contributed by atoms with Crippen LogP contribution in [0.25, 0.3) is 0 Å². The molecule has 0 aliphatic carbocycles. The van der Waals surface area contributed by atoms with Crippen molar-refractivity contribution in [2.24, 2.45) is 0 Å². The molecule has 0 spiro atoms. The number of nitrogens with zero attached hydrogens (tertiary/aromatic N) is 1. The fourth-order valence-electron chi connectivity index (χ4n) is 2.43. The summed E-state index contributed by atoms with van der Waals surface area (Å²) in [5.41, 5.74) is 0.808. The summed E-state index contributed by atoms with van der Waals surface area (Å²) in [5.74, 6) is -0.00105. The predicted molar refractivity (Wildman–Crippen MR) is 95.3 cm³/mol. The van der Waals surface area contributed by atoms with Crippen LogP contribution in [0.4, 0.5) is 10.8 Å². The Morgan fingerprint density at radius 2 is 2.20 bits per heavy atom. The number of rotatable bonds is 6. The number of ether oxygens (including phenoxy) is 2. The summed E-state index contributed by atoms with van der Waals surface area (Å²) >= 11 is 1.20. The second-order valence-corrected chi connectivity index (χ2v) is 6.47. The maximum atomic E-state index is 12.4. The maximum absolute atomic E-state index is 12.4. The summed E-state index contributed by atoms with van der Waals surface area (Å²) in [6, 6.07) is 7.23. The molecule has 2 amide bonds. The summed E-state index contributed by atoms with van der Waals surface area (Å²) in [6.07, 6.45) is 2.13. The third kappa shape index (κ3) is 4.77. The first-order chi connectivity index (χ1) is 12.1. The van der Waals surface area contributed by atoms with Gasteiger partial charge in [-0.15, -0.1) is 11.3 Å². The zero-order chi connectivity index (χ0) is 17.6. The first kappa shape index (κ1) is 17.4. The number of thiazole rings is 1. The van der Waals surface area contributed by atoms with Crippen LogP contribution in [0.1, 0.15) is 30.3 Å². The first-order valence-corrected chi connectivity index (χ1v) is 8.87. The number of aromatic nitrogens is 1. The van der Waals surface area contributed by atoms with E-state index in [9.17, 15) is 9.59 Å². The summed E-state index contributed by atoms with van der Waals surface area (Å²) in [5, 5.41) is 7.34. The molecule has 132 valence electrons. The van der Waals surface area contributed by atoms with Gasteiger partial charge in [0.25, 0.3) is 5.91 Å². The Kier molecular flexibility index (Phi) is 5.62. The van der Waals surface area contributed by atoms with Gasteiger partial charge in [-0.3, -0.25) is 9.59 Å². The van der Waals surface area contributed by atoms with Gasteiger partial charge in [0.15, 0.2) is 5.13 Å². The van der Waals surface area contributed by atoms with Crippen molar-refractivity contribution in [3.8, 4) is 5.75 Å². The zero-order valence-electron chi connectivity index (χ0n) is 13.8. The van der Waals surface area contributed by atoms with Crippen molar-refractivity contribution in [1.29, 1.82) is 0 Å². The van der Waals surface area contributed by atoms with Crippen molar-refractivity contribution in [1.82, 2.24) is 4.98 Å². The van der Waals surface area contributed by atoms with Crippen molar-refractivity contribution in [2.45, 2.75) is 25.9 Å². The van der Waals surface area contributed by atoms with Gasteiger partial charge in [-0.05, 0) is 25.0 Å². The zero-order valence-corrected chi connectivity index (χ0v) is 14.6. The Morgan fingerprint density at radius 1 is 1.36 bits per heavy atom. The van der Waals surface area contributed by atoms with E-state index >= 15 is 0 Å². The number of amides is 2. The van der Waals surface area contributed by atoms with Gasteiger partial charge in [0.2, 0.25) is 5.91 Å². The number of anilines is 2. The van der Waals surface area contributed by atoms with Gasteiger partial charge in [-0.1, -0.05) is 12.1 Å². The molecule has 0 bridgehead atoms. The second kappa shape index (κ2) is 8.09. The molecule has 1 saturated heterocycles. The molecule has 7 nitrogen and oxygen atoms in total. The van der Waals surface area contributed by atoms with E-state index in [2.05, 4.69) is 15.6 Å². The van der Waals surface area contributed by atoms with Crippen LogP contribution >= 0.6 is 11.3 Å². The van der Waals surface area contributed by atoms with Crippen LogP contribution in [0.3, 0.4) is 0 Å². The minimum Gasteiger partial charge on any atom is -0.489 e. The number of hydrogen-bond donors (Lipinski definition) is 2. The molecular weight excluding hydrogens is 342 g/mol. The molecule has 8 heteroatoms. The van der Waals surface area contributed by atoms with Gasteiger partial charge >= 0.3 is 0 Å². The van der Waals surface area contributed by atoms with Crippen molar-refractivity contribution in [3.05, 3.63) is 35.3 Å². The van der Waals surface area contributed by atoms with Crippen LogP contribution in [0, 0.1) is 0 Å². The lowest BCUT2D eigenvalue weighted by Gasteiger charge is -2.14. The van der Waals surface area contributed by atoms with Crippen molar-refractivity contribution >= 4 is 34.0 Å². The maximum Gasteiger partial charge on any atom is 0.275 e. The lowest BCUT2D eigenvalue weighted by atomic mass is 10.2. The lowest BCUT2D eigenvalue weighted by molar-refractivity contribution is -0.114. The molecule has 0 saturated carbocycles. The molecule has 1 atom stereocenters. The van der Waals surface area contributed by atoms with Crippen molar-refractivity contribution in [2.75, 3.05) is 23.8 Å². The molecule has 1 aromatic carbocycles. The lowest BCUT2D eigenvalue weighted by Crippen LogP contribution is -2.18. The highest BCUT2D eigenvalue weighted by molar-refractivity contribution is 7.14. The van der Waals surface area contributed by atoms with E-state index in [1.165, 1.54) is 18.3 Å². The molecule has 2 heterocycles. The molecule has 0 unspecified atom stereocenters. The summed E-state index contributed by atoms with van der Waals surface area (Å²) in [7, 11) is 0. The van der Waals surface area contributed by atoms with E-state index in [0.717, 1.165) is 19.4 Å². The van der Waals surface area contributed by atoms with E-state index in [0.29, 0.717) is 23.2 Å². The Hall–Kier alpha value is -2.45. The molecule has 2 N–H and O–H groups in total. The number of carbonyl (C=O) groups is 2. The normalized spacial score (nSPS) is 16.4. The molecule has 1 fully saturated rings. The monoisotopic (exact) mass is 361 g/mol. The quantitative estimate of drug-likeness (QED) is 0.826. The Balaban J connectivity index is 1.64. The standard InChI is InChI=1S/C17H19N3O4S/c1-11(21)18-17-20-14(10-25-17)16(22)19-13-6-2-3-7-15(13)24-9-12-5-4-8-23-12/h2-3,6-7,10,12H,4-5,8-9H2,1H3,(H,19,22)(H,18,20,21)/t12-/m0/s1. The van der Waals surface area contributed by atoms with Crippen LogP contribution in [0.2, 0.25) is 0 Å². The van der Waals surface area contributed by atoms with Gasteiger partial charge in [0, 0.05) is 18.9 Å². The second-order valence-electron chi connectivity index (χ2n) is 5.62. The average molecular weight is 361 g/mol. The molecular formula is C17H19N3O4S. The smallest absolute Gasteiger partial charge is 0.275 e. The Labute approximate surface area is 149 Å². The predicted octanol–water partition coefficient (Wildman–Crippen LogP) is 2.91. The van der Waals surface area contributed by atoms with E-state index < -0.39 is 0 Å². The van der Waals surface area contributed by atoms with Crippen LogP contribution in [0.15, 0.2) is 29.6 Å². The number of nitrogens with one attached hydrogen (secondary N) is 2. The van der Waals surface area contributed by atoms with Gasteiger partial charge in [-0.2, -0.15) is 0 Å². The highest BCUT2D eigenvalue weighted by Crippen LogP contribution is 2.26. The topological polar surface area (TPSA) is 89.6 Å². The largest absolute Gasteiger partial charge is 0.489 e. The van der Waals surface area contributed by atoms with Gasteiger partial charge in [-0.25, -0.2) is 4.98 Å². The summed E-state index contributed by atoms with van der Waals surface area (Å²) < 4.78 is 11.3. The number of para-hydroxylation sites is 2. The summed E-state index contributed by atoms with van der Waals surface area (Å²) in [6.45, 7) is 2.62. The number of carbonyl (C=O) groups excluding carboxylic acids is 2. The van der Waals surface area contributed by atoms with Crippen LogP contribution in [0.5, 0.6) is 5.75 Å². The van der Waals surface area contributed by atoms with Crippen LogP contribution in [-0.2, 0) is 9.53 Å². The van der Waals surface area contributed by atoms with Crippen LogP contribution < -0.4 is 15.4 Å². The molecule has 1 aliphatic rings. The number of hydrogen-bond acceptors (Lipinski definition) is 6. The van der Waals surface area contributed by atoms with Gasteiger partial charge < -0.3 is 20.1 Å². The third-order valence-electron chi connectivity index (χ3n) is 3.60. The fraction of sp³-hybridized carbons (Fsp3) is 0.353. The molecule has 2 aromatic rings. The SMILES string of the molecule is CC(=O)Nc1nc(C(=O)Nc2ccccc2OC[C@@H]2CCCO2)cs1. The molecule has 1 aliphatic heterocycles. The molecule has 1 aromatic heterocycles. The fourth-order valence-corrected chi connectivity index (χ4v) is 3.16.